The van der Waals surface area contributed by atoms with E-state index >= 15 is 0 Å². The molecule has 0 unspecified atom stereocenters. The third kappa shape index (κ3) is 3.51. The molecule has 2 aromatic rings. The molecule has 0 saturated heterocycles. The van der Waals surface area contributed by atoms with Gasteiger partial charge in [-0.1, -0.05) is 55.2 Å². The molecule has 1 aromatic heterocycles. The molecule has 0 radical (unpaired) electrons. The number of hydrogen-bond acceptors (Lipinski definition) is 4. The van der Waals surface area contributed by atoms with Crippen molar-refractivity contribution in [2.45, 2.75) is 33.2 Å². The van der Waals surface area contributed by atoms with Crippen LogP contribution in [0.5, 0.6) is 0 Å². The van der Waals surface area contributed by atoms with E-state index in [1.807, 2.05) is 26.8 Å². The lowest BCUT2D eigenvalue weighted by atomic mass is 9.87. The molecule has 0 saturated carbocycles. The Morgan fingerprint density at radius 1 is 1.25 bits per heavy atom. The number of benzene rings is 1. The molecule has 1 atom stereocenters. The molecule has 2 N–H and O–H groups in total. The van der Waals surface area contributed by atoms with Crippen LogP contribution in [0.1, 0.15) is 44.1 Å². The molecule has 4 nitrogen and oxygen atoms in total. The Morgan fingerprint density at radius 3 is 2.55 bits per heavy atom. The van der Waals surface area contributed by atoms with Crippen LogP contribution in [0.25, 0.3) is 0 Å². The van der Waals surface area contributed by atoms with Crippen molar-refractivity contribution in [1.82, 2.24) is 10.1 Å². The van der Waals surface area contributed by atoms with Gasteiger partial charge in [-0.2, -0.15) is 4.98 Å². The van der Waals surface area contributed by atoms with Crippen molar-refractivity contribution in [3.63, 3.8) is 0 Å². The second-order valence-corrected chi connectivity index (χ2v) is 6.63. The van der Waals surface area contributed by atoms with E-state index in [9.17, 15) is 0 Å². The molecular weight excluding hydrogens is 297 g/mol. The molecule has 0 bridgehead atoms. The molecule has 1 aromatic carbocycles. The first-order chi connectivity index (χ1) is 9.27. The summed E-state index contributed by atoms with van der Waals surface area (Å²) in [6.07, 6.45) is 0.525. The SMILES string of the molecule is CC(C)(C)[C@@H](N)c1nc(Cc2ccc(Cl)c(Cl)c2)no1. The summed E-state index contributed by atoms with van der Waals surface area (Å²) >= 11 is 11.9. The van der Waals surface area contributed by atoms with Crippen molar-refractivity contribution >= 4 is 23.2 Å². The lowest BCUT2D eigenvalue weighted by Gasteiger charge is -2.23. The third-order valence-corrected chi connectivity index (χ3v) is 3.77. The first kappa shape index (κ1) is 15.3. The van der Waals surface area contributed by atoms with E-state index in [0.29, 0.717) is 28.2 Å². The molecule has 0 aliphatic heterocycles. The van der Waals surface area contributed by atoms with E-state index in [1.165, 1.54) is 0 Å². The van der Waals surface area contributed by atoms with Gasteiger partial charge >= 0.3 is 0 Å². The maximum Gasteiger partial charge on any atom is 0.244 e. The van der Waals surface area contributed by atoms with E-state index in [1.54, 1.807) is 12.1 Å². The van der Waals surface area contributed by atoms with Gasteiger partial charge in [-0.15, -0.1) is 0 Å². The average molecular weight is 314 g/mol. The van der Waals surface area contributed by atoms with Crippen molar-refractivity contribution in [3.8, 4) is 0 Å². The molecule has 2 rings (SSSR count). The molecular formula is C14H17Cl2N3O. The summed E-state index contributed by atoms with van der Waals surface area (Å²) in [4.78, 5) is 4.35. The highest BCUT2D eigenvalue weighted by Gasteiger charge is 2.27. The van der Waals surface area contributed by atoms with Crippen LogP contribution in [0.15, 0.2) is 22.7 Å². The second-order valence-electron chi connectivity index (χ2n) is 5.82. The first-order valence-corrected chi connectivity index (χ1v) is 7.05. The van der Waals surface area contributed by atoms with Crippen molar-refractivity contribution in [2.24, 2.45) is 11.1 Å². The molecule has 20 heavy (non-hydrogen) atoms. The van der Waals surface area contributed by atoms with Gasteiger partial charge in [-0.3, -0.25) is 0 Å². The van der Waals surface area contributed by atoms with Gasteiger partial charge in [-0.25, -0.2) is 0 Å². The van der Waals surface area contributed by atoms with Gasteiger partial charge in [0.15, 0.2) is 5.82 Å². The molecule has 0 aliphatic carbocycles. The minimum Gasteiger partial charge on any atom is -0.338 e. The quantitative estimate of drug-likeness (QED) is 0.929. The summed E-state index contributed by atoms with van der Waals surface area (Å²) in [6.45, 7) is 6.08. The van der Waals surface area contributed by atoms with Gasteiger partial charge in [-0.05, 0) is 23.1 Å². The summed E-state index contributed by atoms with van der Waals surface area (Å²) in [5.74, 6) is 1.03. The second kappa shape index (κ2) is 5.72. The van der Waals surface area contributed by atoms with Crippen molar-refractivity contribution in [2.75, 3.05) is 0 Å². The minimum absolute atomic E-state index is 0.132. The van der Waals surface area contributed by atoms with E-state index in [2.05, 4.69) is 10.1 Å². The van der Waals surface area contributed by atoms with Crippen LogP contribution >= 0.6 is 23.2 Å². The lowest BCUT2D eigenvalue weighted by molar-refractivity contribution is 0.252. The van der Waals surface area contributed by atoms with Crippen molar-refractivity contribution in [1.29, 1.82) is 0 Å². The number of rotatable bonds is 3. The van der Waals surface area contributed by atoms with Crippen LogP contribution < -0.4 is 5.73 Å². The van der Waals surface area contributed by atoms with Crippen molar-refractivity contribution in [3.05, 3.63) is 45.5 Å². The Kier molecular flexibility index (Phi) is 4.37. The first-order valence-electron chi connectivity index (χ1n) is 6.29. The predicted octanol–water partition coefficient (Wildman–Crippen LogP) is 4.01. The van der Waals surface area contributed by atoms with Crippen LogP contribution in [-0.4, -0.2) is 10.1 Å². The number of hydrogen-bond donors (Lipinski definition) is 1. The van der Waals surface area contributed by atoms with Crippen LogP contribution in [0.4, 0.5) is 0 Å². The molecule has 0 spiro atoms. The molecule has 0 fully saturated rings. The third-order valence-electron chi connectivity index (χ3n) is 3.03. The largest absolute Gasteiger partial charge is 0.338 e. The zero-order valence-corrected chi connectivity index (χ0v) is 13.2. The van der Waals surface area contributed by atoms with E-state index in [-0.39, 0.29) is 11.5 Å². The normalized spacial score (nSPS) is 13.5. The van der Waals surface area contributed by atoms with Gasteiger partial charge in [0.2, 0.25) is 5.89 Å². The fourth-order valence-corrected chi connectivity index (χ4v) is 1.99. The van der Waals surface area contributed by atoms with Crippen molar-refractivity contribution < 1.29 is 4.52 Å². The molecule has 0 amide bonds. The van der Waals surface area contributed by atoms with Crippen LogP contribution in [0.2, 0.25) is 10.0 Å². The average Bonchev–Trinajstić information content (AvgIpc) is 2.80. The van der Waals surface area contributed by atoms with Crippen LogP contribution in [-0.2, 0) is 6.42 Å². The lowest BCUT2D eigenvalue weighted by Crippen LogP contribution is -2.26. The zero-order valence-electron chi connectivity index (χ0n) is 11.7. The molecule has 0 aliphatic rings. The van der Waals surface area contributed by atoms with E-state index in [0.717, 1.165) is 5.56 Å². The maximum absolute atomic E-state index is 6.09. The predicted molar refractivity (Wildman–Crippen MR) is 79.9 cm³/mol. The van der Waals surface area contributed by atoms with E-state index in [4.69, 9.17) is 33.5 Å². The van der Waals surface area contributed by atoms with Gasteiger partial charge in [0.1, 0.15) is 0 Å². The van der Waals surface area contributed by atoms with Gasteiger partial charge in [0.05, 0.1) is 16.1 Å². The van der Waals surface area contributed by atoms with Gasteiger partial charge in [0, 0.05) is 6.42 Å². The summed E-state index contributed by atoms with van der Waals surface area (Å²) in [5.41, 5.74) is 6.92. The standard InChI is InChI=1S/C14H17Cl2N3O/c1-14(2,3)12(17)13-18-11(19-20-13)7-8-4-5-9(15)10(16)6-8/h4-6,12H,7,17H2,1-3H3/t12-/m0/s1. The topological polar surface area (TPSA) is 64.9 Å². The fourth-order valence-electron chi connectivity index (χ4n) is 1.67. The van der Waals surface area contributed by atoms with E-state index < -0.39 is 0 Å². The van der Waals surface area contributed by atoms with Gasteiger partial charge in [0.25, 0.3) is 0 Å². The zero-order chi connectivity index (χ0) is 14.9. The Morgan fingerprint density at radius 2 is 1.95 bits per heavy atom. The summed E-state index contributed by atoms with van der Waals surface area (Å²) in [6, 6.07) is 5.14. The Labute approximate surface area is 128 Å². The summed E-state index contributed by atoms with van der Waals surface area (Å²) in [7, 11) is 0. The highest BCUT2D eigenvalue weighted by atomic mass is 35.5. The minimum atomic E-state index is -0.294. The Hall–Kier alpha value is -1.10. The number of halogens is 2. The number of nitrogens with zero attached hydrogens (tertiary/aromatic N) is 2. The van der Waals surface area contributed by atoms with Crippen LogP contribution in [0, 0.1) is 5.41 Å². The summed E-state index contributed by atoms with van der Waals surface area (Å²) in [5, 5.41) is 5.00. The van der Waals surface area contributed by atoms with Crippen LogP contribution in [0.3, 0.4) is 0 Å². The summed E-state index contributed by atoms with van der Waals surface area (Å²) < 4.78 is 5.23. The molecule has 6 heteroatoms. The molecule has 1 heterocycles. The van der Waals surface area contributed by atoms with Gasteiger partial charge < -0.3 is 10.3 Å². The molecule has 108 valence electrons. The maximum atomic E-state index is 6.09. The Bertz CT molecular complexity index is 605. The monoisotopic (exact) mass is 313 g/mol. The highest BCUT2D eigenvalue weighted by molar-refractivity contribution is 6.42. The fraction of sp³-hybridized carbons (Fsp3) is 0.429. The number of nitrogens with two attached hydrogens (primary N) is 1. The smallest absolute Gasteiger partial charge is 0.244 e. The Balaban J connectivity index is 2.15. The highest BCUT2D eigenvalue weighted by Crippen LogP contribution is 2.29. The number of aromatic nitrogens is 2.